The highest BCUT2D eigenvalue weighted by atomic mass is 19.1. The van der Waals surface area contributed by atoms with Crippen LogP contribution in [-0.2, 0) is 0 Å². The Morgan fingerprint density at radius 1 is 1.88 bits per heavy atom. The van der Waals surface area contributed by atoms with Gasteiger partial charge in [-0.15, -0.1) is 0 Å². The lowest BCUT2D eigenvalue weighted by Gasteiger charge is -1.94. The van der Waals surface area contributed by atoms with Gasteiger partial charge in [-0.25, -0.2) is 4.39 Å². The van der Waals surface area contributed by atoms with E-state index in [1.807, 2.05) is 13.8 Å². The molecule has 1 unspecified atom stereocenters. The van der Waals surface area contributed by atoms with E-state index < -0.39 is 6.17 Å². The molecule has 0 heterocycles. The summed E-state index contributed by atoms with van der Waals surface area (Å²) in [5.41, 5.74) is 1.06. The van der Waals surface area contributed by atoms with E-state index in [0.29, 0.717) is 0 Å². The monoisotopic (exact) mass is 115 g/mol. The van der Waals surface area contributed by atoms with E-state index >= 15 is 0 Å². The van der Waals surface area contributed by atoms with E-state index in [1.54, 1.807) is 0 Å². The van der Waals surface area contributed by atoms with Crippen molar-refractivity contribution in [1.29, 1.82) is 0 Å². The lowest BCUT2D eigenvalue weighted by molar-refractivity contribution is 0.464. The maximum atomic E-state index is 12.0. The molecule has 0 aliphatic rings. The number of halogens is 1. The van der Waals surface area contributed by atoms with Gasteiger partial charge in [0.25, 0.3) is 0 Å². The summed E-state index contributed by atoms with van der Waals surface area (Å²) in [7, 11) is 0. The molecule has 0 fully saturated rings. The first-order valence-corrected chi connectivity index (χ1v) is 2.81. The molecule has 47 valence electrons. The van der Waals surface area contributed by atoms with E-state index in [4.69, 9.17) is 0 Å². The summed E-state index contributed by atoms with van der Waals surface area (Å²) in [5.74, 6) is 0. The van der Waals surface area contributed by atoms with Crippen molar-refractivity contribution < 1.29 is 4.39 Å². The molecular formula is C7H12F. The van der Waals surface area contributed by atoms with Gasteiger partial charge in [-0.3, -0.25) is 0 Å². The Labute approximate surface area is 50.4 Å². The Balaban J connectivity index is 3.56. The smallest absolute Gasteiger partial charge is 0.119 e. The molecule has 0 amide bonds. The molecule has 0 aromatic rings. The summed E-state index contributed by atoms with van der Waals surface area (Å²) in [6.07, 6.45) is 1.41. The van der Waals surface area contributed by atoms with Crippen LogP contribution in [0.4, 0.5) is 4.39 Å². The average Bonchev–Trinajstić information content (AvgIpc) is 1.65. The fourth-order valence-electron chi connectivity index (χ4n) is 0.427. The third-order valence-corrected chi connectivity index (χ3v) is 1.02. The minimum absolute atomic E-state index is 0.913. The number of alkyl halides is 1. The lowest BCUT2D eigenvalue weighted by Crippen LogP contribution is -1.86. The zero-order chi connectivity index (χ0) is 6.57. The molecule has 0 aliphatic carbocycles. The van der Waals surface area contributed by atoms with E-state index in [0.717, 1.165) is 12.0 Å². The third-order valence-electron chi connectivity index (χ3n) is 1.02. The van der Waals surface area contributed by atoms with Crippen molar-refractivity contribution in [3.8, 4) is 0 Å². The van der Waals surface area contributed by atoms with Crippen molar-refractivity contribution >= 4 is 0 Å². The van der Waals surface area contributed by atoms with Crippen molar-refractivity contribution in [2.24, 2.45) is 0 Å². The van der Waals surface area contributed by atoms with Crippen LogP contribution >= 0.6 is 0 Å². The predicted molar refractivity (Wildman–Crippen MR) is 34.3 cm³/mol. The summed E-state index contributed by atoms with van der Waals surface area (Å²) in [5, 5.41) is 0. The van der Waals surface area contributed by atoms with Gasteiger partial charge in [0.2, 0.25) is 0 Å². The van der Waals surface area contributed by atoms with E-state index in [-0.39, 0.29) is 0 Å². The van der Waals surface area contributed by atoms with Gasteiger partial charge >= 0.3 is 0 Å². The van der Waals surface area contributed by atoms with Crippen LogP contribution in [-0.4, -0.2) is 6.17 Å². The molecular weight excluding hydrogens is 103 g/mol. The molecule has 0 aliphatic heterocycles. The van der Waals surface area contributed by atoms with Crippen LogP contribution in [0.3, 0.4) is 0 Å². The summed E-state index contributed by atoms with van der Waals surface area (Å²) < 4.78 is 12.0. The highest BCUT2D eigenvalue weighted by molar-refractivity contribution is 5.01. The Morgan fingerprint density at radius 2 is 2.38 bits per heavy atom. The predicted octanol–water partition coefficient (Wildman–Crippen LogP) is 2.51. The highest BCUT2D eigenvalue weighted by Crippen LogP contribution is 2.01. The van der Waals surface area contributed by atoms with Gasteiger partial charge in [-0.2, -0.15) is 0 Å². The number of allylic oxidation sites excluding steroid dienone is 2. The van der Waals surface area contributed by atoms with Crippen molar-refractivity contribution in [2.75, 3.05) is 0 Å². The Bertz CT molecular complexity index is 82.4. The second-order valence-corrected chi connectivity index (χ2v) is 1.88. The molecule has 8 heavy (non-hydrogen) atoms. The molecule has 0 nitrogen and oxygen atoms in total. The third kappa shape index (κ3) is 3.85. The van der Waals surface area contributed by atoms with Crippen LogP contribution in [0.15, 0.2) is 11.6 Å². The SMILES string of the molecule is [CH2]C(F)C=C(C)CC. The zero-order valence-electron chi connectivity index (χ0n) is 5.45. The summed E-state index contributed by atoms with van der Waals surface area (Å²) >= 11 is 0. The summed E-state index contributed by atoms with van der Waals surface area (Å²) in [6, 6.07) is 0. The van der Waals surface area contributed by atoms with Crippen LogP contribution in [0.5, 0.6) is 0 Å². The first-order chi connectivity index (χ1) is 3.66. The molecule has 1 radical (unpaired) electrons. The second-order valence-electron chi connectivity index (χ2n) is 1.88. The number of hydrogen-bond acceptors (Lipinski definition) is 0. The van der Waals surface area contributed by atoms with Gasteiger partial charge in [0, 0.05) is 0 Å². The Morgan fingerprint density at radius 3 is 2.50 bits per heavy atom. The van der Waals surface area contributed by atoms with Crippen LogP contribution in [0.1, 0.15) is 20.3 Å². The topological polar surface area (TPSA) is 0 Å². The number of rotatable bonds is 2. The summed E-state index contributed by atoms with van der Waals surface area (Å²) in [4.78, 5) is 0. The average molecular weight is 115 g/mol. The van der Waals surface area contributed by atoms with Gasteiger partial charge in [-0.1, -0.05) is 18.6 Å². The zero-order valence-corrected chi connectivity index (χ0v) is 5.45. The first-order valence-electron chi connectivity index (χ1n) is 2.81. The van der Waals surface area contributed by atoms with Gasteiger partial charge in [-0.05, 0) is 20.3 Å². The quantitative estimate of drug-likeness (QED) is 0.485. The fourth-order valence-corrected chi connectivity index (χ4v) is 0.427. The minimum Gasteiger partial charge on any atom is -0.243 e. The molecule has 0 spiro atoms. The maximum Gasteiger partial charge on any atom is 0.119 e. The van der Waals surface area contributed by atoms with Crippen LogP contribution in [0, 0.1) is 6.92 Å². The van der Waals surface area contributed by atoms with Crippen LogP contribution in [0.2, 0.25) is 0 Å². The van der Waals surface area contributed by atoms with E-state index in [1.165, 1.54) is 6.08 Å². The van der Waals surface area contributed by atoms with E-state index in [9.17, 15) is 4.39 Å². The van der Waals surface area contributed by atoms with Gasteiger partial charge in [0.05, 0.1) is 0 Å². The molecule has 0 rings (SSSR count). The number of hydrogen-bond donors (Lipinski definition) is 0. The van der Waals surface area contributed by atoms with Crippen molar-refractivity contribution in [3.63, 3.8) is 0 Å². The largest absolute Gasteiger partial charge is 0.243 e. The summed E-state index contributed by atoms with van der Waals surface area (Å²) in [6.45, 7) is 7.08. The van der Waals surface area contributed by atoms with E-state index in [2.05, 4.69) is 6.92 Å². The molecule has 0 bridgehead atoms. The maximum absolute atomic E-state index is 12.0. The van der Waals surface area contributed by atoms with Crippen LogP contribution in [0.25, 0.3) is 0 Å². The fraction of sp³-hybridized carbons (Fsp3) is 0.571. The molecule has 1 heteroatoms. The normalized spacial score (nSPS) is 16.2. The van der Waals surface area contributed by atoms with Gasteiger partial charge in [0.15, 0.2) is 0 Å². The van der Waals surface area contributed by atoms with Gasteiger partial charge in [0.1, 0.15) is 6.17 Å². The Kier molecular flexibility index (Phi) is 3.49. The van der Waals surface area contributed by atoms with Gasteiger partial charge < -0.3 is 0 Å². The van der Waals surface area contributed by atoms with Crippen molar-refractivity contribution in [3.05, 3.63) is 18.6 Å². The lowest BCUT2D eigenvalue weighted by atomic mass is 10.2. The molecule has 1 atom stereocenters. The molecule has 0 saturated carbocycles. The minimum atomic E-state index is -1.03. The standard InChI is InChI=1S/C7H12F/c1-4-6(2)5-7(3)8/h5,7H,3-4H2,1-2H3. The van der Waals surface area contributed by atoms with Crippen LogP contribution < -0.4 is 0 Å². The molecule has 0 aromatic heterocycles. The molecule has 0 aromatic carbocycles. The van der Waals surface area contributed by atoms with Crippen molar-refractivity contribution in [1.82, 2.24) is 0 Å². The molecule has 0 N–H and O–H groups in total. The Hall–Kier alpha value is -0.330. The molecule has 0 saturated heterocycles. The first kappa shape index (κ1) is 7.67. The second kappa shape index (κ2) is 3.65. The van der Waals surface area contributed by atoms with Crippen molar-refractivity contribution in [2.45, 2.75) is 26.4 Å². The highest BCUT2D eigenvalue weighted by Gasteiger charge is 1.90.